The fourth-order valence-electron chi connectivity index (χ4n) is 4.46. The van der Waals surface area contributed by atoms with Crippen LogP contribution in [0.25, 0.3) is 0 Å². The Labute approximate surface area is 153 Å². The van der Waals surface area contributed by atoms with Crippen molar-refractivity contribution in [3.05, 3.63) is 18.2 Å². The molecule has 1 amide bonds. The minimum Gasteiger partial charge on any atom is -0.486 e. The van der Waals surface area contributed by atoms with E-state index in [2.05, 4.69) is 5.32 Å². The van der Waals surface area contributed by atoms with Gasteiger partial charge in [-0.3, -0.25) is 4.79 Å². The molecule has 0 radical (unpaired) electrons. The first-order chi connectivity index (χ1) is 12.5. The normalized spacial score (nSPS) is 28.4. The number of likely N-dealkylation sites (N-methyl/N-ethyl adjacent to an activating group) is 1. The summed E-state index contributed by atoms with van der Waals surface area (Å²) in [5, 5.41) is 2.63. The molecule has 26 heavy (non-hydrogen) atoms. The Morgan fingerprint density at radius 1 is 1.15 bits per heavy atom. The highest BCUT2D eigenvalue weighted by Crippen LogP contribution is 2.43. The van der Waals surface area contributed by atoms with E-state index in [1.165, 1.54) is 10.4 Å². The first-order valence-corrected chi connectivity index (χ1v) is 10.6. The van der Waals surface area contributed by atoms with Gasteiger partial charge in [0.25, 0.3) is 0 Å². The summed E-state index contributed by atoms with van der Waals surface area (Å²) in [6.07, 6.45) is 4.47. The number of fused-ring (bicyclic) bond motifs is 2. The third-order valence-corrected chi connectivity index (χ3v) is 7.60. The summed E-state index contributed by atoms with van der Waals surface area (Å²) in [6.45, 7) is 0.847. The van der Waals surface area contributed by atoms with E-state index in [9.17, 15) is 13.2 Å². The Kier molecular flexibility index (Phi) is 4.56. The lowest BCUT2D eigenvalue weighted by atomic mass is 9.85. The van der Waals surface area contributed by atoms with Gasteiger partial charge in [0.15, 0.2) is 11.5 Å². The van der Waals surface area contributed by atoms with Gasteiger partial charge in [0.1, 0.15) is 19.3 Å². The summed E-state index contributed by atoms with van der Waals surface area (Å²) in [5.74, 6) is 1.00. The zero-order chi connectivity index (χ0) is 18.3. The van der Waals surface area contributed by atoms with Gasteiger partial charge in [0.2, 0.25) is 15.9 Å². The summed E-state index contributed by atoms with van der Waals surface area (Å²) >= 11 is 0. The molecule has 0 bridgehead atoms. The highest BCUT2D eigenvalue weighted by molar-refractivity contribution is 7.89. The number of ether oxygens (including phenoxy) is 2. The van der Waals surface area contributed by atoms with E-state index in [0.717, 1.165) is 25.7 Å². The van der Waals surface area contributed by atoms with Crippen molar-refractivity contribution in [1.82, 2.24) is 9.62 Å². The second-order valence-electron chi connectivity index (χ2n) is 7.12. The molecule has 142 valence electrons. The SMILES string of the molecule is CNC(=O)C1CC2CCCCC2N1S(=O)(=O)c1ccc2c(c1)OCCO2. The van der Waals surface area contributed by atoms with Crippen molar-refractivity contribution in [1.29, 1.82) is 0 Å². The lowest BCUT2D eigenvalue weighted by Crippen LogP contribution is -2.48. The van der Waals surface area contributed by atoms with Gasteiger partial charge in [-0.1, -0.05) is 12.8 Å². The van der Waals surface area contributed by atoms with Gasteiger partial charge in [0, 0.05) is 19.2 Å². The summed E-state index contributed by atoms with van der Waals surface area (Å²) in [7, 11) is -2.26. The molecule has 1 aromatic rings. The zero-order valence-electron chi connectivity index (χ0n) is 14.8. The quantitative estimate of drug-likeness (QED) is 0.860. The second kappa shape index (κ2) is 6.74. The molecule has 0 spiro atoms. The van der Waals surface area contributed by atoms with Crippen LogP contribution in [0.4, 0.5) is 0 Å². The van der Waals surface area contributed by atoms with Crippen LogP contribution < -0.4 is 14.8 Å². The van der Waals surface area contributed by atoms with Crippen molar-refractivity contribution >= 4 is 15.9 Å². The molecule has 8 heteroatoms. The highest BCUT2D eigenvalue weighted by atomic mass is 32.2. The minimum absolute atomic E-state index is 0.107. The number of amides is 1. The highest BCUT2D eigenvalue weighted by Gasteiger charge is 2.50. The Hall–Kier alpha value is -1.80. The van der Waals surface area contributed by atoms with Gasteiger partial charge in [-0.2, -0.15) is 4.31 Å². The number of nitrogens with zero attached hydrogens (tertiary/aromatic N) is 1. The third-order valence-electron chi connectivity index (χ3n) is 5.67. The molecular weight excluding hydrogens is 356 g/mol. The van der Waals surface area contributed by atoms with Crippen molar-refractivity contribution in [3.8, 4) is 11.5 Å². The fourth-order valence-corrected chi connectivity index (χ4v) is 6.35. The fraction of sp³-hybridized carbons (Fsp3) is 0.611. The van der Waals surface area contributed by atoms with Crippen molar-refractivity contribution in [2.24, 2.45) is 5.92 Å². The number of carbonyl (C=O) groups excluding carboxylic acids is 1. The molecule has 2 heterocycles. The molecule has 3 aliphatic rings. The first kappa shape index (κ1) is 17.6. The smallest absolute Gasteiger partial charge is 0.244 e. The maximum absolute atomic E-state index is 13.5. The molecule has 0 aromatic heterocycles. The predicted molar refractivity (Wildman–Crippen MR) is 94.7 cm³/mol. The molecular formula is C18H24N2O5S. The molecule has 1 aromatic carbocycles. The molecule has 2 fully saturated rings. The van der Waals surface area contributed by atoms with E-state index >= 15 is 0 Å². The number of rotatable bonds is 3. The standard InChI is InChI=1S/C18H24N2O5S/c1-19-18(21)15-10-12-4-2-3-5-14(12)20(15)26(22,23)13-6-7-16-17(11-13)25-9-8-24-16/h6-7,11-12,14-15H,2-5,8-10H2,1H3,(H,19,21). The van der Waals surface area contributed by atoms with Crippen molar-refractivity contribution < 1.29 is 22.7 Å². The summed E-state index contributed by atoms with van der Waals surface area (Å²) in [4.78, 5) is 12.6. The van der Waals surface area contributed by atoms with Crippen LogP contribution in [0.2, 0.25) is 0 Å². The molecule has 1 saturated heterocycles. The van der Waals surface area contributed by atoms with Crippen LogP contribution in [0.5, 0.6) is 11.5 Å². The molecule has 1 saturated carbocycles. The average Bonchev–Trinajstić information content (AvgIpc) is 3.07. The van der Waals surface area contributed by atoms with Crippen LogP contribution in [-0.2, 0) is 14.8 Å². The Morgan fingerprint density at radius 2 is 1.88 bits per heavy atom. The van der Waals surface area contributed by atoms with Gasteiger partial charge in [0.05, 0.1) is 4.90 Å². The monoisotopic (exact) mass is 380 g/mol. The van der Waals surface area contributed by atoms with Crippen molar-refractivity contribution in [2.75, 3.05) is 20.3 Å². The Morgan fingerprint density at radius 3 is 2.65 bits per heavy atom. The van der Waals surface area contributed by atoms with Crippen LogP contribution in [0, 0.1) is 5.92 Å². The van der Waals surface area contributed by atoms with E-state index < -0.39 is 16.1 Å². The number of benzene rings is 1. The van der Waals surface area contributed by atoms with Gasteiger partial charge in [-0.15, -0.1) is 0 Å². The van der Waals surface area contributed by atoms with Gasteiger partial charge >= 0.3 is 0 Å². The molecule has 3 unspecified atom stereocenters. The van der Waals surface area contributed by atoms with Gasteiger partial charge in [-0.25, -0.2) is 8.42 Å². The molecule has 3 atom stereocenters. The largest absolute Gasteiger partial charge is 0.486 e. The maximum atomic E-state index is 13.5. The Balaban J connectivity index is 1.73. The number of nitrogens with one attached hydrogen (secondary N) is 1. The molecule has 7 nitrogen and oxygen atoms in total. The number of carbonyl (C=O) groups is 1. The zero-order valence-corrected chi connectivity index (χ0v) is 15.6. The van der Waals surface area contributed by atoms with E-state index in [-0.39, 0.29) is 22.8 Å². The van der Waals surface area contributed by atoms with Crippen LogP contribution in [0.1, 0.15) is 32.1 Å². The maximum Gasteiger partial charge on any atom is 0.244 e. The third kappa shape index (κ3) is 2.85. The van der Waals surface area contributed by atoms with Crippen molar-refractivity contribution in [3.63, 3.8) is 0 Å². The van der Waals surface area contributed by atoms with Crippen LogP contribution in [0.15, 0.2) is 23.1 Å². The number of hydrogen-bond donors (Lipinski definition) is 1. The van der Waals surface area contributed by atoms with Crippen LogP contribution in [0.3, 0.4) is 0 Å². The van der Waals surface area contributed by atoms with Crippen LogP contribution >= 0.6 is 0 Å². The molecule has 2 aliphatic heterocycles. The Bertz CT molecular complexity index is 810. The topological polar surface area (TPSA) is 84.9 Å². The summed E-state index contributed by atoms with van der Waals surface area (Å²) < 4.78 is 39.4. The number of sulfonamides is 1. The lowest BCUT2D eigenvalue weighted by molar-refractivity contribution is -0.123. The van der Waals surface area contributed by atoms with E-state index in [1.807, 2.05) is 0 Å². The lowest BCUT2D eigenvalue weighted by Gasteiger charge is -2.32. The van der Waals surface area contributed by atoms with Crippen molar-refractivity contribution in [2.45, 2.75) is 49.1 Å². The molecule has 4 rings (SSSR count). The second-order valence-corrected chi connectivity index (χ2v) is 8.96. The summed E-state index contributed by atoms with van der Waals surface area (Å²) in [6, 6.07) is 3.93. The van der Waals surface area contributed by atoms with Crippen LogP contribution in [-0.4, -0.2) is 51.0 Å². The van der Waals surface area contributed by atoms with Gasteiger partial charge in [-0.05, 0) is 37.3 Å². The number of hydrogen-bond acceptors (Lipinski definition) is 5. The van der Waals surface area contributed by atoms with Gasteiger partial charge < -0.3 is 14.8 Å². The molecule has 1 aliphatic carbocycles. The van der Waals surface area contributed by atoms with E-state index in [0.29, 0.717) is 31.1 Å². The average molecular weight is 380 g/mol. The predicted octanol–water partition coefficient (Wildman–Crippen LogP) is 1.53. The first-order valence-electron chi connectivity index (χ1n) is 9.17. The minimum atomic E-state index is -3.81. The van der Waals surface area contributed by atoms with E-state index in [4.69, 9.17) is 9.47 Å². The van der Waals surface area contributed by atoms with E-state index in [1.54, 1.807) is 19.2 Å². The summed E-state index contributed by atoms with van der Waals surface area (Å²) in [5.41, 5.74) is 0. The molecule has 1 N–H and O–H groups in total.